The molecule has 0 N–H and O–H groups in total. The lowest BCUT2D eigenvalue weighted by atomic mass is 9.84. The molecule has 4 heterocycles. The number of hydrogen-bond acceptors (Lipinski definition) is 8. The summed E-state index contributed by atoms with van der Waals surface area (Å²) in [5.41, 5.74) is 16.1. The molecule has 0 radical (unpaired) electrons. The molecule has 0 bridgehead atoms. The monoisotopic (exact) mass is 1100 g/mol. The molecule has 8 heteroatoms. The second kappa shape index (κ2) is 22.5. The van der Waals surface area contributed by atoms with Gasteiger partial charge in [0.25, 0.3) is 11.8 Å². The van der Waals surface area contributed by atoms with E-state index in [4.69, 9.17) is 18.8 Å². The Balaban J connectivity index is 0.000000147. The van der Waals surface area contributed by atoms with Gasteiger partial charge in [-0.05, 0) is 165 Å². The van der Waals surface area contributed by atoms with E-state index in [-0.39, 0.29) is 0 Å². The van der Waals surface area contributed by atoms with Crippen LogP contribution in [-0.2, 0) is 0 Å². The molecule has 0 saturated carbocycles. The van der Waals surface area contributed by atoms with Crippen LogP contribution in [0.1, 0.15) is 0 Å². The van der Waals surface area contributed by atoms with E-state index in [1.807, 2.05) is 121 Å². The average Bonchev–Trinajstić information content (AvgIpc) is 3.09. The molecule has 0 aliphatic heterocycles. The van der Waals surface area contributed by atoms with Gasteiger partial charge in [-0.3, -0.25) is 0 Å². The van der Waals surface area contributed by atoms with Gasteiger partial charge in [-0.2, -0.15) is 0 Å². The molecule has 12 aromatic carbocycles. The van der Waals surface area contributed by atoms with Crippen LogP contribution in [0, 0.1) is 0 Å². The van der Waals surface area contributed by atoms with Crippen LogP contribution in [0.3, 0.4) is 0 Å². The van der Waals surface area contributed by atoms with Gasteiger partial charge in [-0.1, -0.05) is 237 Å². The number of benzene rings is 12. The molecule has 8 nitrogen and oxygen atoms in total. The molecule has 16 rings (SSSR count). The highest BCUT2D eigenvalue weighted by Gasteiger charge is 2.20. The van der Waals surface area contributed by atoms with E-state index in [9.17, 15) is 0 Å². The molecule has 0 aliphatic rings. The average molecular weight is 1100 g/mol. The van der Waals surface area contributed by atoms with Crippen molar-refractivity contribution in [2.45, 2.75) is 0 Å². The van der Waals surface area contributed by atoms with Crippen molar-refractivity contribution in [3.05, 3.63) is 303 Å². The molecule has 404 valence electrons. The first-order valence-electron chi connectivity index (χ1n) is 28.6. The van der Waals surface area contributed by atoms with Crippen LogP contribution in [-0.4, -0.2) is 30.4 Å². The van der Waals surface area contributed by atoms with Crippen molar-refractivity contribution < 1.29 is 8.83 Å². The maximum Gasteiger partial charge on any atom is 0.266 e. The van der Waals surface area contributed by atoms with Crippen LogP contribution >= 0.6 is 0 Å². The SMILES string of the molecule is c1ccc(-c2ccc(-c3nnc(-c4cccc(-c5cccc(-c6nnc(-c7ccc(-c8ccccc8)cc7)o6)n5)n4)o3)cc2)cc1.c1ccc(-c2ccc3c(-c4ccc5ccccc5c4)c4ccccc4c(-c4ccc5ccccc5c4)c3c2)cc1. The smallest absolute Gasteiger partial charge is 0.266 e. The first kappa shape index (κ1) is 51.2. The molecular weight excluding hydrogens is 1050 g/mol. The van der Waals surface area contributed by atoms with Crippen molar-refractivity contribution in [2.24, 2.45) is 0 Å². The highest BCUT2D eigenvalue weighted by atomic mass is 16.4. The molecule has 86 heavy (non-hydrogen) atoms. The van der Waals surface area contributed by atoms with E-state index in [1.54, 1.807) is 0 Å². The van der Waals surface area contributed by atoms with Crippen LogP contribution < -0.4 is 0 Å². The van der Waals surface area contributed by atoms with Crippen molar-refractivity contribution in [1.29, 1.82) is 0 Å². The lowest BCUT2D eigenvalue weighted by Crippen LogP contribution is -1.92. The van der Waals surface area contributed by atoms with Crippen molar-refractivity contribution in [3.63, 3.8) is 0 Å². The predicted molar refractivity (Wildman–Crippen MR) is 349 cm³/mol. The summed E-state index contributed by atoms with van der Waals surface area (Å²) < 4.78 is 12.0. The minimum Gasteiger partial charge on any atom is -0.415 e. The number of nitrogens with zero attached hydrogens (tertiary/aromatic N) is 6. The maximum absolute atomic E-state index is 6.02. The Morgan fingerprint density at radius 3 is 0.977 bits per heavy atom. The van der Waals surface area contributed by atoms with Gasteiger partial charge < -0.3 is 8.83 Å². The molecule has 0 unspecified atom stereocenters. The predicted octanol–water partition coefficient (Wildman–Crippen LogP) is 20.2. The van der Waals surface area contributed by atoms with E-state index in [0.717, 1.165) is 33.4 Å². The van der Waals surface area contributed by atoms with Crippen LogP contribution in [0.25, 0.3) is 156 Å². The zero-order chi connectivity index (χ0) is 57.2. The molecule has 0 spiro atoms. The second-order valence-corrected chi connectivity index (χ2v) is 21.1. The quantitative estimate of drug-likeness (QED) is 0.125. The summed E-state index contributed by atoms with van der Waals surface area (Å²) in [5, 5.41) is 27.2. The number of pyridine rings is 2. The molecular formula is C78H50N6O2. The lowest BCUT2D eigenvalue weighted by molar-refractivity contribution is 0.581. The van der Waals surface area contributed by atoms with E-state index in [2.05, 4.69) is 202 Å². The van der Waals surface area contributed by atoms with Crippen molar-refractivity contribution in [3.8, 4) is 113 Å². The van der Waals surface area contributed by atoms with Crippen molar-refractivity contribution in [1.82, 2.24) is 30.4 Å². The summed E-state index contributed by atoms with van der Waals surface area (Å²) >= 11 is 0. The van der Waals surface area contributed by atoms with Crippen molar-refractivity contribution in [2.75, 3.05) is 0 Å². The van der Waals surface area contributed by atoms with Gasteiger partial charge in [-0.25, -0.2) is 9.97 Å². The lowest BCUT2D eigenvalue weighted by Gasteiger charge is -2.19. The standard InChI is InChI=1S/C40H26.C38H24N6O2/c1-2-10-27(11-3-1)32-22-23-37-38(26-32)40(34-21-19-29-13-5-7-15-31(29)25-34)36-17-9-8-16-35(36)39(37)33-20-18-28-12-4-6-14-30(28)24-33;1-3-9-25(10-4-1)27-17-21-29(22-18-27)35-41-43-37(45-35)33-15-7-13-31(39-33)32-14-8-16-34(40-32)38-44-42-36(46-38)30-23-19-28(20-24-30)26-11-5-2-6-12-26/h1-26H;1-24H. The third kappa shape index (κ3) is 10.1. The van der Waals surface area contributed by atoms with Gasteiger partial charge in [0.2, 0.25) is 11.8 Å². The number of rotatable bonds is 10. The third-order valence-corrected chi connectivity index (χ3v) is 15.7. The summed E-state index contributed by atoms with van der Waals surface area (Å²) in [7, 11) is 0. The summed E-state index contributed by atoms with van der Waals surface area (Å²) in [5.74, 6) is 1.48. The van der Waals surface area contributed by atoms with E-state index < -0.39 is 0 Å². The maximum atomic E-state index is 6.02. The summed E-state index contributed by atoms with van der Waals surface area (Å²) in [6, 6.07) is 105. The molecule has 0 saturated heterocycles. The summed E-state index contributed by atoms with van der Waals surface area (Å²) in [6.07, 6.45) is 0. The minimum atomic E-state index is 0.319. The minimum absolute atomic E-state index is 0.319. The molecule has 0 amide bonds. The molecule has 4 aromatic heterocycles. The molecule has 0 fully saturated rings. The fourth-order valence-corrected chi connectivity index (χ4v) is 11.5. The van der Waals surface area contributed by atoms with Crippen LogP contribution in [0.15, 0.2) is 312 Å². The summed E-state index contributed by atoms with van der Waals surface area (Å²) in [4.78, 5) is 9.54. The third-order valence-electron chi connectivity index (χ3n) is 15.7. The zero-order valence-corrected chi connectivity index (χ0v) is 46.4. The first-order chi connectivity index (χ1) is 42.6. The van der Waals surface area contributed by atoms with Crippen LogP contribution in [0.4, 0.5) is 0 Å². The zero-order valence-electron chi connectivity index (χ0n) is 46.4. The Bertz CT molecular complexity index is 4940. The topological polar surface area (TPSA) is 104 Å². The van der Waals surface area contributed by atoms with Gasteiger partial charge in [0.15, 0.2) is 0 Å². The largest absolute Gasteiger partial charge is 0.415 e. The van der Waals surface area contributed by atoms with Gasteiger partial charge in [-0.15, -0.1) is 20.4 Å². The second-order valence-electron chi connectivity index (χ2n) is 21.1. The van der Waals surface area contributed by atoms with Crippen LogP contribution in [0.5, 0.6) is 0 Å². The Morgan fingerprint density at radius 1 is 0.186 bits per heavy atom. The van der Waals surface area contributed by atoms with Gasteiger partial charge >= 0.3 is 0 Å². The Kier molecular flexibility index (Phi) is 13.4. The Labute approximate surface area is 496 Å². The summed E-state index contributed by atoms with van der Waals surface area (Å²) in [6.45, 7) is 0. The number of aromatic nitrogens is 6. The normalized spacial score (nSPS) is 11.3. The number of hydrogen-bond donors (Lipinski definition) is 0. The highest BCUT2D eigenvalue weighted by Crippen LogP contribution is 2.46. The molecule has 0 atom stereocenters. The number of fused-ring (bicyclic) bond motifs is 4. The fourth-order valence-electron chi connectivity index (χ4n) is 11.5. The first-order valence-corrected chi connectivity index (χ1v) is 28.6. The van der Waals surface area contributed by atoms with Crippen LogP contribution in [0.2, 0.25) is 0 Å². The molecule has 16 aromatic rings. The van der Waals surface area contributed by atoms with E-state index in [0.29, 0.717) is 46.3 Å². The highest BCUT2D eigenvalue weighted by molar-refractivity contribution is 6.22. The van der Waals surface area contributed by atoms with Crippen molar-refractivity contribution >= 4 is 43.1 Å². The fraction of sp³-hybridized carbons (Fsp3) is 0. The van der Waals surface area contributed by atoms with Gasteiger partial charge in [0.05, 0.1) is 11.4 Å². The Morgan fingerprint density at radius 2 is 0.512 bits per heavy atom. The van der Waals surface area contributed by atoms with Gasteiger partial charge in [0, 0.05) is 11.1 Å². The van der Waals surface area contributed by atoms with E-state index >= 15 is 0 Å². The van der Waals surface area contributed by atoms with E-state index in [1.165, 1.54) is 76.5 Å². The van der Waals surface area contributed by atoms with Gasteiger partial charge in [0.1, 0.15) is 11.4 Å². The Hall–Kier alpha value is -11.7. The molecule has 0 aliphatic carbocycles.